The van der Waals surface area contributed by atoms with Crippen LogP contribution >= 0.6 is 23.2 Å². The summed E-state index contributed by atoms with van der Waals surface area (Å²) in [6.07, 6.45) is 0. The Kier molecular flexibility index (Phi) is 6.67. The van der Waals surface area contributed by atoms with E-state index in [1.165, 1.54) is 0 Å². The van der Waals surface area contributed by atoms with Crippen LogP contribution in [-0.2, 0) is 11.3 Å². The van der Waals surface area contributed by atoms with Crippen molar-refractivity contribution in [3.8, 4) is 6.07 Å². The molecule has 1 aromatic rings. The molecule has 120 valence electrons. The number of carbonyl (C=O) groups excluding carboxylic acids is 1. The maximum atomic E-state index is 12.1. The van der Waals surface area contributed by atoms with Gasteiger partial charge in [-0.2, -0.15) is 5.26 Å². The number of hydrogen-bond donors (Lipinski definition) is 1. The van der Waals surface area contributed by atoms with E-state index in [0.29, 0.717) is 16.6 Å². The SMILES string of the molecule is CC(C)[C@](C)(C#N)NC(=O)CN(C)Cc1cccc(Cl)c1Cl. The van der Waals surface area contributed by atoms with Gasteiger partial charge in [0.2, 0.25) is 5.91 Å². The summed E-state index contributed by atoms with van der Waals surface area (Å²) in [7, 11) is 1.82. The molecule has 0 saturated carbocycles. The molecule has 0 heterocycles. The number of likely N-dealkylation sites (N-methyl/N-ethyl adjacent to an activating group) is 1. The summed E-state index contributed by atoms with van der Waals surface area (Å²) in [5.41, 5.74) is -0.0117. The van der Waals surface area contributed by atoms with Crippen molar-refractivity contribution < 1.29 is 4.79 Å². The second-order valence-corrected chi connectivity index (χ2v) is 6.69. The number of rotatable bonds is 6. The van der Waals surface area contributed by atoms with Gasteiger partial charge in [0.1, 0.15) is 5.54 Å². The third-order valence-corrected chi connectivity index (χ3v) is 4.53. The quantitative estimate of drug-likeness (QED) is 0.861. The molecule has 0 spiro atoms. The van der Waals surface area contributed by atoms with Crippen LogP contribution in [-0.4, -0.2) is 29.9 Å². The van der Waals surface area contributed by atoms with Gasteiger partial charge in [0, 0.05) is 6.54 Å². The smallest absolute Gasteiger partial charge is 0.235 e. The zero-order valence-electron chi connectivity index (χ0n) is 13.3. The van der Waals surface area contributed by atoms with Crippen molar-refractivity contribution in [3.05, 3.63) is 33.8 Å². The third kappa shape index (κ3) is 4.88. The predicted octanol–water partition coefficient (Wildman–Crippen LogP) is 3.48. The standard InChI is InChI=1S/C16H21Cl2N3O/c1-11(2)16(3,10-19)20-14(22)9-21(4)8-12-6-5-7-13(17)15(12)18/h5-7,11H,8-9H2,1-4H3,(H,20,22)/t16-/m0/s1. The maximum absolute atomic E-state index is 12.1. The Morgan fingerprint density at radius 2 is 2.09 bits per heavy atom. The number of hydrogen-bond acceptors (Lipinski definition) is 3. The normalized spacial score (nSPS) is 13.8. The lowest BCUT2D eigenvalue weighted by molar-refractivity contribution is -0.123. The molecule has 0 aromatic heterocycles. The van der Waals surface area contributed by atoms with Gasteiger partial charge in [0.25, 0.3) is 0 Å². The Labute approximate surface area is 142 Å². The van der Waals surface area contributed by atoms with E-state index in [0.717, 1.165) is 5.56 Å². The van der Waals surface area contributed by atoms with Crippen molar-refractivity contribution in [2.45, 2.75) is 32.9 Å². The molecule has 0 aliphatic heterocycles. The van der Waals surface area contributed by atoms with Crippen LogP contribution in [0.4, 0.5) is 0 Å². The molecule has 0 aliphatic rings. The molecule has 0 unspecified atom stereocenters. The fourth-order valence-electron chi connectivity index (χ4n) is 1.89. The molecular weight excluding hydrogens is 321 g/mol. The highest BCUT2D eigenvalue weighted by Crippen LogP contribution is 2.26. The van der Waals surface area contributed by atoms with E-state index < -0.39 is 5.54 Å². The van der Waals surface area contributed by atoms with Crippen molar-refractivity contribution in [2.24, 2.45) is 5.92 Å². The zero-order chi connectivity index (χ0) is 16.9. The summed E-state index contributed by atoms with van der Waals surface area (Å²) in [5, 5.41) is 13.0. The number of carbonyl (C=O) groups is 1. The van der Waals surface area contributed by atoms with E-state index in [4.69, 9.17) is 23.2 Å². The van der Waals surface area contributed by atoms with Gasteiger partial charge in [0.05, 0.1) is 22.7 Å². The Morgan fingerprint density at radius 1 is 1.45 bits per heavy atom. The van der Waals surface area contributed by atoms with E-state index in [9.17, 15) is 10.1 Å². The molecule has 6 heteroatoms. The second-order valence-electron chi connectivity index (χ2n) is 5.90. The monoisotopic (exact) mass is 341 g/mol. The van der Waals surface area contributed by atoms with Gasteiger partial charge in [0.15, 0.2) is 0 Å². The highest BCUT2D eigenvalue weighted by molar-refractivity contribution is 6.42. The lowest BCUT2D eigenvalue weighted by Gasteiger charge is -2.28. The number of halogens is 2. The van der Waals surface area contributed by atoms with Crippen molar-refractivity contribution in [3.63, 3.8) is 0 Å². The van der Waals surface area contributed by atoms with Crippen molar-refractivity contribution >= 4 is 29.1 Å². The van der Waals surface area contributed by atoms with Gasteiger partial charge in [-0.25, -0.2) is 0 Å². The molecule has 1 atom stereocenters. The van der Waals surface area contributed by atoms with Gasteiger partial charge in [-0.1, -0.05) is 49.2 Å². The predicted molar refractivity (Wildman–Crippen MR) is 89.8 cm³/mol. The Morgan fingerprint density at radius 3 is 2.64 bits per heavy atom. The molecule has 0 radical (unpaired) electrons. The third-order valence-electron chi connectivity index (χ3n) is 3.67. The van der Waals surface area contributed by atoms with Crippen LogP contribution < -0.4 is 5.32 Å². The van der Waals surface area contributed by atoms with E-state index >= 15 is 0 Å². The van der Waals surface area contributed by atoms with E-state index in [2.05, 4.69) is 11.4 Å². The maximum Gasteiger partial charge on any atom is 0.235 e. The lowest BCUT2D eigenvalue weighted by atomic mass is 9.90. The van der Waals surface area contributed by atoms with Gasteiger partial charge in [-0.05, 0) is 31.5 Å². The van der Waals surface area contributed by atoms with Crippen molar-refractivity contribution in [2.75, 3.05) is 13.6 Å². The van der Waals surface area contributed by atoms with Crippen molar-refractivity contribution in [1.29, 1.82) is 5.26 Å². The summed E-state index contributed by atoms with van der Waals surface area (Å²) in [6.45, 7) is 6.20. The molecule has 1 rings (SSSR count). The largest absolute Gasteiger partial charge is 0.337 e. The van der Waals surface area contributed by atoms with E-state index in [1.807, 2.05) is 37.9 Å². The van der Waals surface area contributed by atoms with Crippen LogP contribution in [0.2, 0.25) is 10.0 Å². The molecular formula is C16H21Cl2N3O. The average molecular weight is 342 g/mol. The number of nitriles is 1. The minimum Gasteiger partial charge on any atom is -0.337 e. The molecule has 0 saturated heterocycles. The first-order chi connectivity index (χ1) is 10.2. The van der Waals surface area contributed by atoms with Gasteiger partial charge < -0.3 is 5.32 Å². The average Bonchev–Trinajstić information content (AvgIpc) is 2.43. The molecule has 22 heavy (non-hydrogen) atoms. The lowest BCUT2D eigenvalue weighted by Crippen LogP contribution is -2.51. The first-order valence-electron chi connectivity index (χ1n) is 7.03. The first-order valence-corrected chi connectivity index (χ1v) is 7.79. The Bertz CT molecular complexity index is 583. The van der Waals surface area contributed by atoms with Crippen LogP contribution in [0.15, 0.2) is 18.2 Å². The number of nitrogens with zero attached hydrogens (tertiary/aromatic N) is 2. The van der Waals surface area contributed by atoms with Crippen molar-refractivity contribution in [1.82, 2.24) is 10.2 Å². The number of nitrogens with one attached hydrogen (secondary N) is 1. The summed E-state index contributed by atoms with van der Waals surface area (Å²) < 4.78 is 0. The first kappa shape index (κ1) is 18.8. The Balaban J connectivity index is 2.66. The van der Waals surface area contributed by atoms with Gasteiger partial charge in [-0.3, -0.25) is 9.69 Å². The topological polar surface area (TPSA) is 56.1 Å². The zero-order valence-corrected chi connectivity index (χ0v) is 14.8. The minimum absolute atomic E-state index is 0.0223. The van der Waals surface area contributed by atoms with E-state index in [-0.39, 0.29) is 18.4 Å². The summed E-state index contributed by atoms with van der Waals surface area (Å²) in [6, 6.07) is 7.58. The van der Waals surface area contributed by atoms with Crippen LogP contribution in [0.1, 0.15) is 26.3 Å². The van der Waals surface area contributed by atoms with Gasteiger partial charge >= 0.3 is 0 Å². The minimum atomic E-state index is -0.869. The fraction of sp³-hybridized carbons (Fsp3) is 0.500. The highest BCUT2D eigenvalue weighted by atomic mass is 35.5. The molecule has 0 fully saturated rings. The number of benzene rings is 1. The highest BCUT2D eigenvalue weighted by Gasteiger charge is 2.30. The molecule has 4 nitrogen and oxygen atoms in total. The Hall–Kier alpha value is -1.28. The molecule has 0 aliphatic carbocycles. The van der Waals surface area contributed by atoms with E-state index in [1.54, 1.807) is 13.0 Å². The second kappa shape index (κ2) is 7.82. The van der Waals surface area contributed by atoms with Crippen LogP contribution in [0.3, 0.4) is 0 Å². The van der Waals surface area contributed by atoms with Crippen LogP contribution in [0.5, 0.6) is 0 Å². The summed E-state index contributed by atoms with van der Waals surface area (Å²) in [4.78, 5) is 13.9. The molecule has 1 amide bonds. The van der Waals surface area contributed by atoms with Crippen LogP contribution in [0, 0.1) is 17.2 Å². The van der Waals surface area contributed by atoms with Gasteiger partial charge in [-0.15, -0.1) is 0 Å². The summed E-state index contributed by atoms with van der Waals surface area (Å²) in [5.74, 6) is -0.174. The molecule has 1 N–H and O–H groups in total. The summed E-state index contributed by atoms with van der Waals surface area (Å²) >= 11 is 12.1. The molecule has 0 bridgehead atoms. The molecule has 1 aromatic carbocycles. The fourth-order valence-corrected chi connectivity index (χ4v) is 2.27. The van der Waals surface area contributed by atoms with Crippen LogP contribution in [0.25, 0.3) is 0 Å². The number of amides is 1.